The first-order valence-electron chi connectivity index (χ1n) is 2.61. The lowest BCUT2D eigenvalue weighted by molar-refractivity contribution is 1.33. The maximum Gasteiger partial charge on any atom is 0.124 e. The van der Waals surface area contributed by atoms with Crippen LogP contribution in [0.1, 0.15) is 5.56 Å². The minimum Gasteiger partial charge on any atom is -0.384 e. The lowest BCUT2D eigenvalue weighted by atomic mass is 10.3. The number of rotatable bonds is 0. The van der Waals surface area contributed by atoms with Crippen molar-refractivity contribution in [1.82, 2.24) is 4.98 Å². The molecule has 0 saturated heterocycles. The molecule has 1 rings (SSSR count). The Balaban J connectivity index is 3.25. The van der Waals surface area contributed by atoms with Crippen molar-refractivity contribution >= 4 is 17.4 Å². The molecule has 2 N–H and O–H groups in total. The zero-order valence-corrected chi connectivity index (χ0v) is 5.89. The maximum atomic E-state index is 5.64. The van der Waals surface area contributed by atoms with Crippen LogP contribution in [0.3, 0.4) is 0 Å². The van der Waals surface area contributed by atoms with Crippen LogP contribution in [0.5, 0.6) is 0 Å². The molecule has 0 radical (unpaired) electrons. The highest BCUT2D eigenvalue weighted by atomic mass is 35.5. The molecule has 50 valence electrons. The van der Waals surface area contributed by atoms with Gasteiger partial charge in [0.25, 0.3) is 0 Å². The van der Waals surface area contributed by atoms with Crippen LogP contribution in [-0.2, 0) is 0 Å². The summed E-state index contributed by atoms with van der Waals surface area (Å²) in [6, 6.07) is 1.56. The third-order valence-electron chi connectivity index (χ3n) is 1.03. The topological polar surface area (TPSA) is 38.9 Å². The van der Waals surface area contributed by atoms with Gasteiger partial charge >= 0.3 is 0 Å². The zero-order chi connectivity index (χ0) is 7.56. The molecule has 0 saturated carbocycles. The van der Waals surface area contributed by atoms with Crippen LogP contribution in [0, 0.1) is 12.3 Å². The highest BCUT2D eigenvalue weighted by Crippen LogP contribution is 2.14. The lowest BCUT2D eigenvalue weighted by Crippen LogP contribution is -1.90. The van der Waals surface area contributed by atoms with Crippen molar-refractivity contribution in [3.63, 3.8) is 0 Å². The number of halogens is 1. The van der Waals surface area contributed by atoms with E-state index in [1.807, 2.05) is 0 Å². The molecule has 2 nitrogen and oxygen atoms in total. The van der Waals surface area contributed by atoms with Crippen molar-refractivity contribution < 1.29 is 0 Å². The first-order chi connectivity index (χ1) is 4.74. The summed E-state index contributed by atoms with van der Waals surface area (Å²) in [4.78, 5) is 3.74. The van der Waals surface area contributed by atoms with E-state index in [4.69, 9.17) is 23.8 Å². The van der Waals surface area contributed by atoms with Crippen LogP contribution in [0.2, 0.25) is 5.02 Å². The monoisotopic (exact) mass is 152 g/mol. The van der Waals surface area contributed by atoms with Crippen LogP contribution < -0.4 is 5.73 Å². The first kappa shape index (κ1) is 6.91. The van der Waals surface area contributed by atoms with E-state index in [0.29, 0.717) is 16.4 Å². The molecule has 0 aliphatic rings. The zero-order valence-electron chi connectivity index (χ0n) is 5.13. The molecule has 3 heteroatoms. The quantitative estimate of drug-likeness (QED) is 0.569. The van der Waals surface area contributed by atoms with Crippen molar-refractivity contribution in [1.29, 1.82) is 0 Å². The Kier molecular flexibility index (Phi) is 1.79. The third-order valence-corrected chi connectivity index (χ3v) is 1.33. The van der Waals surface area contributed by atoms with Gasteiger partial charge in [-0.3, -0.25) is 0 Å². The Morgan fingerprint density at radius 2 is 2.40 bits per heavy atom. The van der Waals surface area contributed by atoms with Gasteiger partial charge in [0, 0.05) is 11.8 Å². The molecular weight excluding hydrogens is 148 g/mol. The fraction of sp³-hybridized carbons (Fsp3) is 0. The Bertz CT molecular complexity index is 288. The second-order valence-electron chi connectivity index (χ2n) is 1.73. The van der Waals surface area contributed by atoms with E-state index in [2.05, 4.69) is 10.9 Å². The van der Waals surface area contributed by atoms with Crippen LogP contribution in [0.4, 0.5) is 5.82 Å². The molecule has 1 aromatic heterocycles. The number of nitrogens with zero attached hydrogens (tertiary/aromatic N) is 1. The number of hydrogen-bond acceptors (Lipinski definition) is 2. The highest BCUT2D eigenvalue weighted by molar-refractivity contribution is 6.31. The summed E-state index contributed by atoms with van der Waals surface area (Å²) in [6.07, 6.45) is 6.54. The summed E-state index contributed by atoms with van der Waals surface area (Å²) >= 11 is 5.64. The van der Waals surface area contributed by atoms with E-state index in [-0.39, 0.29) is 0 Å². The highest BCUT2D eigenvalue weighted by Gasteiger charge is 1.96. The predicted molar refractivity (Wildman–Crippen MR) is 41.6 cm³/mol. The molecule has 0 bridgehead atoms. The molecule has 1 aromatic rings. The number of aromatic nitrogens is 1. The van der Waals surface area contributed by atoms with Gasteiger partial charge < -0.3 is 5.73 Å². The molecule has 0 unspecified atom stereocenters. The summed E-state index contributed by atoms with van der Waals surface area (Å²) in [5, 5.41) is 0.455. The minimum absolute atomic E-state index is 0.386. The second kappa shape index (κ2) is 2.59. The van der Waals surface area contributed by atoms with Gasteiger partial charge in [-0.25, -0.2) is 4.98 Å². The van der Waals surface area contributed by atoms with Gasteiger partial charge in [0.1, 0.15) is 5.82 Å². The van der Waals surface area contributed by atoms with Crippen LogP contribution >= 0.6 is 11.6 Å². The van der Waals surface area contributed by atoms with Crippen LogP contribution in [0.25, 0.3) is 0 Å². The lowest BCUT2D eigenvalue weighted by Gasteiger charge is -1.94. The minimum atomic E-state index is 0.386. The Labute approximate surface area is 64.0 Å². The summed E-state index contributed by atoms with van der Waals surface area (Å²) in [5.74, 6) is 2.77. The maximum absolute atomic E-state index is 5.64. The third kappa shape index (κ3) is 1.20. The Hall–Kier alpha value is -1.20. The first-order valence-corrected chi connectivity index (χ1v) is 2.99. The smallest absolute Gasteiger partial charge is 0.124 e. The summed E-state index contributed by atoms with van der Waals surface area (Å²) < 4.78 is 0. The molecule has 0 spiro atoms. The van der Waals surface area contributed by atoms with E-state index in [0.717, 1.165) is 0 Å². The van der Waals surface area contributed by atoms with Gasteiger partial charge in [-0.1, -0.05) is 17.5 Å². The molecule has 10 heavy (non-hydrogen) atoms. The van der Waals surface area contributed by atoms with E-state index in [1.54, 1.807) is 6.07 Å². The predicted octanol–water partition coefficient (Wildman–Crippen LogP) is 1.30. The molecular formula is C7H5ClN2. The van der Waals surface area contributed by atoms with Gasteiger partial charge in [0.2, 0.25) is 0 Å². The Morgan fingerprint density at radius 1 is 1.70 bits per heavy atom. The molecule has 1 heterocycles. The van der Waals surface area contributed by atoms with Gasteiger partial charge in [0.15, 0.2) is 0 Å². The normalized spacial score (nSPS) is 8.80. The van der Waals surface area contributed by atoms with E-state index < -0.39 is 0 Å². The van der Waals surface area contributed by atoms with Crippen molar-refractivity contribution in [2.75, 3.05) is 5.73 Å². The number of hydrogen-bond donors (Lipinski definition) is 1. The number of nitrogen functional groups attached to an aromatic ring is 1. The summed E-state index contributed by atoms with van der Waals surface area (Å²) in [6.45, 7) is 0. The molecule has 0 aliphatic heterocycles. The molecule has 0 aromatic carbocycles. The van der Waals surface area contributed by atoms with Crippen LogP contribution in [0.15, 0.2) is 12.3 Å². The van der Waals surface area contributed by atoms with Crippen molar-refractivity contribution in [3.05, 3.63) is 22.8 Å². The average molecular weight is 153 g/mol. The number of terminal acetylenes is 1. The van der Waals surface area contributed by atoms with Gasteiger partial charge in [-0.15, -0.1) is 6.42 Å². The SMILES string of the molecule is C#Cc1cc(N)ncc1Cl. The van der Waals surface area contributed by atoms with Crippen molar-refractivity contribution in [2.45, 2.75) is 0 Å². The van der Waals surface area contributed by atoms with Gasteiger partial charge in [-0.2, -0.15) is 0 Å². The number of pyridine rings is 1. The van der Waals surface area contributed by atoms with E-state index >= 15 is 0 Å². The standard InChI is InChI=1S/C7H5ClN2/c1-2-5-3-7(9)10-4-6(5)8/h1,3-4H,(H2,9,10). The van der Waals surface area contributed by atoms with Crippen LogP contribution in [-0.4, -0.2) is 4.98 Å². The second-order valence-corrected chi connectivity index (χ2v) is 2.14. The summed E-state index contributed by atoms with van der Waals surface area (Å²) in [5.41, 5.74) is 5.92. The average Bonchev–Trinajstić information content (AvgIpc) is 1.94. The van der Waals surface area contributed by atoms with E-state index in [9.17, 15) is 0 Å². The largest absolute Gasteiger partial charge is 0.384 e. The molecule has 0 aliphatic carbocycles. The number of nitrogens with two attached hydrogens (primary N) is 1. The fourth-order valence-electron chi connectivity index (χ4n) is 0.565. The fourth-order valence-corrected chi connectivity index (χ4v) is 0.723. The summed E-state index contributed by atoms with van der Waals surface area (Å²) in [7, 11) is 0. The molecule has 0 amide bonds. The van der Waals surface area contributed by atoms with E-state index in [1.165, 1.54) is 6.20 Å². The Morgan fingerprint density at radius 3 is 2.90 bits per heavy atom. The van der Waals surface area contributed by atoms with Gasteiger partial charge in [-0.05, 0) is 6.07 Å². The van der Waals surface area contributed by atoms with Crippen molar-refractivity contribution in [2.24, 2.45) is 0 Å². The number of anilines is 1. The van der Waals surface area contributed by atoms with Gasteiger partial charge in [0.05, 0.1) is 5.02 Å². The molecule has 0 fully saturated rings. The van der Waals surface area contributed by atoms with Crippen molar-refractivity contribution in [3.8, 4) is 12.3 Å². The molecule has 0 atom stereocenters.